The highest BCUT2D eigenvalue weighted by molar-refractivity contribution is 5.93. The summed E-state index contributed by atoms with van der Waals surface area (Å²) in [6.07, 6.45) is 4.33. The van der Waals surface area contributed by atoms with E-state index in [0.29, 0.717) is 18.0 Å². The van der Waals surface area contributed by atoms with Crippen LogP contribution in [0.1, 0.15) is 30.6 Å². The number of para-hydroxylation sites is 1. The van der Waals surface area contributed by atoms with Crippen molar-refractivity contribution < 1.29 is 4.79 Å². The molecule has 0 aliphatic heterocycles. The lowest BCUT2D eigenvalue weighted by Gasteiger charge is -2.05. The fraction of sp³-hybridized carbons (Fsp3) is 0.333. The normalized spacial score (nSPS) is 10.7. The number of amides is 1. The Labute approximate surface area is 113 Å². The number of rotatable bonds is 5. The zero-order valence-electron chi connectivity index (χ0n) is 11.3. The third kappa shape index (κ3) is 3.68. The number of hydrogen-bond acceptors (Lipinski definition) is 2. The van der Waals surface area contributed by atoms with E-state index in [0.717, 1.165) is 12.1 Å². The molecule has 2 aromatic rings. The van der Waals surface area contributed by atoms with Crippen LogP contribution in [-0.2, 0) is 0 Å². The Morgan fingerprint density at radius 2 is 2.05 bits per heavy atom. The van der Waals surface area contributed by atoms with Crippen molar-refractivity contribution in [3.8, 4) is 5.69 Å². The van der Waals surface area contributed by atoms with Crippen molar-refractivity contribution >= 4 is 5.91 Å². The minimum Gasteiger partial charge on any atom is -0.352 e. The van der Waals surface area contributed by atoms with Gasteiger partial charge in [-0.15, -0.1) is 0 Å². The van der Waals surface area contributed by atoms with E-state index in [1.807, 2.05) is 30.3 Å². The van der Waals surface area contributed by atoms with Gasteiger partial charge in [-0.2, -0.15) is 5.10 Å². The number of nitrogens with one attached hydrogen (secondary N) is 1. The first kappa shape index (κ1) is 13.3. The van der Waals surface area contributed by atoms with Crippen LogP contribution in [0.5, 0.6) is 0 Å². The average Bonchev–Trinajstić information content (AvgIpc) is 2.89. The smallest absolute Gasteiger partial charge is 0.254 e. The molecule has 0 saturated carbocycles. The van der Waals surface area contributed by atoms with Crippen LogP contribution in [0.4, 0.5) is 0 Å². The lowest BCUT2D eigenvalue weighted by Crippen LogP contribution is -2.24. The van der Waals surface area contributed by atoms with Gasteiger partial charge in [0.15, 0.2) is 0 Å². The predicted molar refractivity (Wildman–Crippen MR) is 75.4 cm³/mol. The summed E-state index contributed by atoms with van der Waals surface area (Å²) in [5.41, 5.74) is 1.54. The van der Waals surface area contributed by atoms with Crippen molar-refractivity contribution in [2.45, 2.75) is 20.3 Å². The summed E-state index contributed by atoms with van der Waals surface area (Å²) in [4.78, 5) is 11.9. The van der Waals surface area contributed by atoms with Crippen molar-refractivity contribution in [3.63, 3.8) is 0 Å². The molecule has 0 aliphatic rings. The number of aromatic nitrogens is 2. The molecule has 0 spiro atoms. The van der Waals surface area contributed by atoms with E-state index in [2.05, 4.69) is 24.3 Å². The standard InChI is InChI=1S/C15H19N3O/c1-12(2)8-9-16-15(19)13-10-17-18(11-13)14-6-4-3-5-7-14/h3-7,10-12H,8-9H2,1-2H3,(H,16,19). The first-order valence-corrected chi connectivity index (χ1v) is 6.55. The van der Waals surface area contributed by atoms with E-state index < -0.39 is 0 Å². The van der Waals surface area contributed by atoms with Crippen molar-refractivity contribution in [1.29, 1.82) is 0 Å². The molecule has 100 valence electrons. The van der Waals surface area contributed by atoms with Crippen molar-refractivity contribution in [2.24, 2.45) is 5.92 Å². The maximum Gasteiger partial charge on any atom is 0.254 e. The van der Waals surface area contributed by atoms with Crippen LogP contribution >= 0.6 is 0 Å². The molecule has 0 unspecified atom stereocenters. The molecule has 0 bridgehead atoms. The molecule has 0 fully saturated rings. The van der Waals surface area contributed by atoms with Crippen molar-refractivity contribution in [3.05, 3.63) is 48.3 Å². The molecular formula is C15H19N3O. The number of hydrogen-bond donors (Lipinski definition) is 1. The molecule has 4 heteroatoms. The van der Waals surface area contributed by atoms with Gasteiger partial charge in [0.05, 0.1) is 17.4 Å². The van der Waals surface area contributed by atoms with Crippen LogP contribution in [0.2, 0.25) is 0 Å². The molecule has 0 radical (unpaired) electrons. The minimum absolute atomic E-state index is 0.0668. The fourth-order valence-electron chi connectivity index (χ4n) is 1.74. The van der Waals surface area contributed by atoms with Crippen LogP contribution in [0.25, 0.3) is 5.69 Å². The second-order valence-corrected chi connectivity index (χ2v) is 4.95. The first-order valence-electron chi connectivity index (χ1n) is 6.55. The summed E-state index contributed by atoms with van der Waals surface area (Å²) in [5, 5.41) is 7.11. The molecule has 0 aliphatic carbocycles. The number of benzene rings is 1. The zero-order valence-corrected chi connectivity index (χ0v) is 11.3. The lowest BCUT2D eigenvalue weighted by atomic mass is 10.1. The Balaban J connectivity index is 1.99. The summed E-state index contributed by atoms with van der Waals surface area (Å²) in [6, 6.07) is 9.74. The highest BCUT2D eigenvalue weighted by Gasteiger charge is 2.08. The molecule has 1 aromatic heterocycles. The average molecular weight is 257 g/mol. The summed E-state index contributed by atoms with van der Waals surface area (Å²) < 4.78 is 1.71. The monoisotopic (exact) mass is 257 g/mol. The third-order valence-corrected chi connectivity index (χ3v) is 2.87. The molecule has 4 nitrogen and oxygen atoms in total. The number of nitrogens with zero attached hydrogens (tertiary/aromatic N) is 2. The van der Waals surface area contributed by atoms with E-state index in [-0.39, 0.29) is 5.91 Å². The van der Waals surface area contributed by atoms with Gasteiger partial charge in [-0.1, -0.05) is 32.0 Å². The summed E-state index contributed by atoms with van der Waals surface area (Å²) in [6.45, 7) is 4.98. The molecule has 0 atom stereocenters. The minimum atomic E-state index is -0.0668. The zero-order chi connectivity index (χ0) is 13.7. The molecular weight excluding hydrogens is 238 g/mol. The molecule has 2 rings (SSSR count). The highest BCUT2D eigenvalue weighted by Crippen LogP contribution is 2.07. The van der Waals surface area contributed by atoms with E-state index in [4.69, 9.17) is 0 Å². The van der Waals surface area contributed by atoms with E-state index in [1.165, 1.54) is 0 Å². The van der Waals surface area contributed by atoms with Crippen LogP contribution in [0, 0.1) is 5.92 Å². The molecule has 1 heterocycles. The van der Waals surface area contributed by atoms with Gasteiger partial charge >= 0.3 is 0 Å². The Kier molecular flexibility index (Phi) is 4.34. The Morgan fingerprint density at radius 1 is 1.32 bits per heavy atom. The van der Waals surface area contributed by atoms with Crippen molar-refractivity contribution in [2.75, 3.05) is 6.54 Å². The Hall–Kier alpha value is -2.10. The summed E-state index contributed by atoms with van der Waals surface area (Å²) in [7, 11) is 0. The van der Waals surface area contributed by atoms with Crippen molar-refractivity contribution in [1.82, 2.24) is 15.1 Å². The quantitative estimate of drug-likeness (QED) is 0.895. The number of carbonyl (C=O) groups excluding carboxylic acids is 1. The number of carbonyl (C=O) groups is 1. The van der Waals surface area contributed by atoms with Crippen LogP contribution in [0.15, 0.2) is 42.7 Å². The Morgan fingerprint density at radius 3 is 2.74 bits per heavy atom. The lowest BCUT2D eigenvalue weighted by molar-refractivity contribution is 0.0952. The summed E-state index contributed by atoms with van der Waals surface area (Å²) in [5.74, 6) is 0.523. The SMILES string of the molecule is CC(C)CCNC(=O)c1cnn(-c2ccccc2)c1. The van der Waals surface area contributed by atoms with Gasteiger partial charge in [0, 0.05) is 12.7 Å². The second-order valence-electron chi connectivity index (χ2n) is 4.95. The van der Waals surface area contributed by atoms with Gasteiger partial charge in [0.1, 0.15) is 0 Å². The topological polar surface area (TPSA) is 46.9 Å². The molecule has 1 N–H and O–H groups in total. The largest absolute Gasteiger partial charge is 0.352 e. The highest BCUT2D eigenvalue weighted by atomic mass is 16.1. The van der Waals surface area contributed by atoms with Gasteiger partial charge in [-0.3, -0.25) is 4.79 Å². The fourth-order valence-corrected chi connectivity index (χ4v) is 1.74. The van der Waals surface area contributed by atoms with Gasteiger partial charge < -0.3 is 5.32 Å². The van der Waals surface area contributed by atoms with E-state index in [1.54, 1.807) is 17.1 Å². The molecule has 1 amide bonds. The van der Waals surface area contributed by atoms with Gasteiger partial charge in [-0.25, -0.2) is 4.68 Å². The van der Waals surface area contributed by atoms with E-state index in [9.17, 15) is 4.79 Å². The predicted octanol–water partition coefficient (Wildman–Crippen LogP) is 2.65. The maximum absolute atomic E-state index is 11.9. The molecule has 0 saturated heterocycles. The van der Waals surface area contributed by atoms with E-state index >= 15 is 0 Å². The maximum atomic E-state index is 11.9. The second kappa shape index (κ2) is 6.18. The first-order chi connectivity index (χ1) is 9.16. The Bertz CT molecular complexity index is 531. The third-order valence-electron chi connectivity index (χ3n) is 2.87. The van der Waals surface area contributed by atoms with Gasteiger partial charge in [-0.05, 0) is 24.5 Å². The molecule has 19 heavy (non-hydrogen) atoms. The van der Waals surface area contributed by atoms with Gasteiger partial charge in [0.25, 0.3) is 5.91 Å². The molecule has 1 aromatic carbocycles. The van der Waals surface area contributed by atoms with Crippen LogP contribution < -0.4 is 5.32 Å². The van der Waals surface area contributed by atoms with Crippen LogP contribution in [-0.4, -0.2) is 22.2 Å². The summed E-state index contributed by atoms with van der Waals surface area (Å²) >= 11 is 0. The van der Waals surface area contributed by atoms with Crippen LogP contribution in [0.3, 0.4) is 0 Å². The van der Waals surface area contributed by atoms with Gasteiger partial charge in [0.2, 0.25) is 0 Å².